The first kappa shape index (κ1) is 36.1. The second-order valence-corrected chi connectivity index (χ2v) is 18.1. The quantitative estimate of drug-likeness (QED) is 0.255. The van der Waals surface area contributed by atoms with E-state index in [1.807, 2.05) is 47.4 Å². The Bertz CT molecular complexity index is 2250. The molecule has 2 atom stereocenters. The van der Waals surface area contributed by atoms with Crippen molar-refractivity contribution in [3.05, 3.63) is 98.9 Å². The number of fused-ring (bicyclic) bond motifs is 2. The highest BCUT2D eigenvalue weighted by Gasteiger charge is 2.56. The second kappa shape index (κ2) is 13.1. The molecular weight excluding hydrogens is 742 g/mol. The summed E-state index contributed by atoms with van der Waals surface area (Å²) in [5.41, 5.74) is 6.60. The molecule has 4 saturated heterocycles. The zero-order valence-electron chi connectivity index (χ0n) is 31.9. The zero-order chi connectivity index (χ0) is 39.4. The Kier molecular flexibility index (Phi) is 8.33. The number of nitrogens with one attached hydrogen (secondary N) is 1. The fourth-order valence-electron chi connectivity index (χ4n) is 11.0. The van der Waals surface area contributed by atoms with Gasteiger partial charge < -0.3 is 14.7 Å². The van der Waals surface area contributed by atoms with Crippen molar-refractivity contribution in [3.63, 3.8) is 0 Å². The molecule has 6 aliphatic heterocycles. The summed E-state index contributed by atoms with van der Waals surface area (Å²) in [4.78, 5) is 78.1. The number of piperidine rings is 2. The van der Waals surface area contributed by atoms with Crippen LogP contribution in [0.2, 0.25) is 5.02 Å². The van der Waals surface area contributed by atoms with E-state index < -0.39 is 23.8 Å². The number of amides is 5. The van der Waals surface area contributed by atoms with E-state index in [2.05, 4.69) is 43.9 Å². The molecule has 5 amide bonds. The first-order valence-corrected chi connectivity index (χ1v) is 20.5. The summed E-state index contributed by atoms with van der Waals surface area (Å²) in [6, 6.07) is 17.4. The van der Waals surface area contributed by atoms with Gasteiger partial charge in [0.25, 0.3) is 17.7 Å². The van der Waals surface area contributed by atoms with Crippen LogP contribution in [0.25, 0.3) is 4.85 Å². The molecule has 292 valence electrons. The predicted molar refractivity (Wildman–Crippen MR) is 213 cm³/mol. The van der Waals surface area contributed by atoms with Crippen molar-refractivity contribution in [3.8, 4) is 0 Å². The van der Waals surface area contributed by atoms with Crippen molar-refractivity contribution >= 4 is 58.2 Å². The van der Waals surface area contributed by atoms with Gasteiger partial charge >= 0.3 is 0 Å². The van der Waals surface area contributed by atoms with Crippen molar-refractivity contribution in [2.45, 2.75) is 83.1 Å². The molecule has 13 heteroatoms. The number of carbonyl (C=O) groups is 5. The van der Waals surface area contributed by atoms with Crippen molar-refractivity contribution in [2.75, 3.05) is 42.5 Å². The molecule has 1 aliphatic carbocycles. The molecule has 1 unspecified atom stereocenters. The van der Waals surface area contributed by atoms with Gasteiger partial charge in [0.05, 0.1) is 17.7 Å². The van der Waals surface area contributed by atoms with Crippen molar-refractivity contribution in [1.82, 2.24) is 20.0 Å². The molecule has 6 heterocycles. The van der Waals surface area contributed by atoms with E-state index in [-0.39, 0.29) is 35.5 Å². The van der Waals surface area contributed by atoms with Crippen molar-refractivity contribution in [2.24, 2.45) is 10.8 Å². The standard InChI is InChI=1S/C44H44ClN7O5/c1-26-18-43(25-51(26)31-7-8-36(46-2)35(45)17-31)11-13-48(14-12-43)30-5-3-27(4-6-30)40(55)50-23-44(24-50)19-32(20-44)49-21-28-15-33-34(16-29(28)22-49)42(57)52(41(33)56)37-9-10-38(53)47-39(37)54/h3-8,15-17,26,32,37H,9-14,18-25H2,1H3,(H,47,53,54)/t26-,37?/m0/s1. The average molecular weight is 786 g/mol. The summed E-state index contributed by atoms with van der Waals surface area (Å²) in [6.07, 6.45) is 5.62. The van der Waals surface area contributed by atoms with Crippen LogP contribution in [-0.4, -0.2) is 95.1 Å². The lowest BCUT2D eigenvalue weighted by atomic mass is 9.60. The van der Waals surface area contributed by atoms with E-state index in [0.29, 0.717) is 47.0 Å². The first-order chi connectivity index (χ1) is 27.4. The molecule has 7 aliphatic rings. The van der Waals surface area contributed by atoms with Crippen LogP contribution in [0.3, 0.4) is 0 Å². The van der Waals surface area contributed by atoms with Gasteiger partial charge in [0.1, 0.15) is 6.04 Å². The molecule has 0 bridgehead atoms. The predicted octanol–water partition coefficient (Wildman–Crippen LogP) is 5.80. The van der Waals surface area contributed by atoms with Gasteiger partial charge in [-0.05, 0) is 111 Å². The van der Waals surface area contributed by atoms with Crippen LogP contribution >= 0.6 is 11.6 Å². The summed E-state index contributed by atoms with van der Waals surface area (Å²) in [5.74, 6) is -1.84. The lowest BCUT2D eigenvalue weighted by Gasteiger charge is -2.60. The van der Waals surface area contributed by atoms with E-state index in [9.17, 15) is 24.0 Å². The van der Waals surface area contributed by atoms with Gasteiger partial charge in [-0.2, -0.15) is 0 Å². The number of hydrogen-bond acceptors (Lipinski definition) is 8. The van der Waals surface area contributed by atoms with Gasteiger partial charge in [0, 0.05) is 91.7 Å². The summed E-state index contributed by atoms with van der Waals surface area (Å²) in [6.45, 7) is 15.5. The van der Waals surface area contributed by atoms with E-state index in [1.54, 1.807) is 0 Å². The Hall–Kier alpha value is -5.25. The third-order valence-corrected chi connectivity index (χ3v) is 14.5. The lowest BCUT2D eigenvalue weighted by molar-refractivity contribution is -0.136. The Morgan fingerprint density at radius 1 is 0.842 bits per heavy atom. The number of likely N-dealkylation sites (tertiary alicyclic amines) is 1. The van der Waals surface area contributed by atoms with E-state index >= 15 is 0 Å². The average Bonchev–Trinajstić information content (AvgIpc) is 3.80. The van der Waals surface area contributed by atoms with Gasteiger partial charge in [-0.15, -0.1) is 0 Å². The topological polar surface area (TPSA) is 118 Å². The molecule has 3 aromatic rings. The third kappa shape index (κ3) is 5.92. The maximum absolute atomic E-state index is 13.5. The number of rotatable bonds is 5. The van der Waals surface area contributed by atoms with Gasteiger partial charge in [-0.3, -0.25) is 39.1 Å². The first-order valence-electron chi connectivity index (χ1n) is 20.1. The number of hydrogen-bond donors (Lipinski definition) is 1. The second-order valence-electron chi connectivity index (χ2n) is 17.7. The molecule has 57 heavy (non-hydrogen) atoms. The van der Waals surface area contributed by atoms with Gasteiger partial charge in [0.15, 0.2) is 0 Å². The molecule has 12 nitrogen and oxygen atoms in total. The number of anilines is 2. The number of halogens is 1. The zero-order valence-corrected chi connectivity index (χ0v) is 32.7. The van der Waals surface area contributed by atoms with Gasteiger partial charge in [0.2, 0.25) is 17.5 Å². The molecule has 1 saturated carbocycles. The summed E-state index contributed by atoms with van der Waals surface area (Å²) in [5, 5.41) is 2.76. The minimum atomic E-state index is -0.965. The van der Waals surface area contributed by atoms with Crippen LogP contribution in [0.1, 0.15) is 94.1 Å². The fraction of sp³-hybridized carbons (Fsp3) is 0.455. The molecule has 10 rings (SSSR count). The smallest absolute Gasteiger partial charge is 0.262 e. The largest absolute Gasteiger partial charge is 0.371 e. The fourth-order valence-corrected chi connectivity index (χ4v) is 11.3. The van der Waals surface area contributed by atoms with Gasteiger partial charge in [-0.1, -0.05) is 17.7 Å². The highest BCUT2D eigenvalue weighted by atomic mass is 35.5. The van der Waals surface area contributed by atoms with Crippen LogP contribution in [0, 0.1) is 17.4 Å². The summed E-state index contributed by atoms with van der Waals surface area (Å²) >= 11 is 6.38. The highest BCUT2D eigenvalue weighted by molar-refractivity contribution is 6.33. The maximum Gasteiger partial charge on any atom is 0.262 e. The van der Waals surface area contributed by atoms with E-state index in [1.165, 1.54) is 0 Å². The molecule has 3 aromatic carbocycles. The SMILES string of the molecule is [C-]#[N+]c1ccc(N2CC3(CCN(c4ccc(C(=O)N5CC6(CC(N7Cc8cc9c(cc8C7)C(=O)N(C7CCC(=O)NC7=O)C9=O)C6)C5)cc4)CC3)C[C@@H]2C)cc1Cl. The van der Waals surface area contributed by atoms with Crippen molar-refractivity contribution in [1.29, 1.82) is 0 Å². The van der Waals surface area contributed by atoms with Crippen molar-refractivity contribution < 1.29 is 24.0 Å². The maximum atomic E-state index is 13.5. The number of imide groups is 2. The number of carbonyl (C=O) groups excluding carboxylic acids is 5. The molecule has 5 fully saturated rings. The van der Waals surface area contributed by atoms with Crippen LogP contribution in [-0.2, 0) is 22.7 Å². The number of benzene rings is 3. The minimum absolute atomic E-state index is 0.0848. The molecule has 0 radical (unpaired) electrons. The van der Waals surface area contributed by atoms with E-state index in [0.717, 1.165) is 97.8 Å². The Morgan fingerprint density at radius 2 is 1.49 bits per heavy atom. The van der Waals surface area contributed by atoms with Crippen LogP contribution in [0.5, 0.6) is 0 Å². The van der Waals surface area contributed by atoms with Crippen LogP contribution in [0.4, 0.5) is 17.1 Å². The van der Waals surface area contributed by atoms with Crippen LogP contribution < -0.4 is 15.1 Å². The summed E-state index contributed by atoms with van der Waals surface area (Å²) in [7, 11) is 0. The summed E-state index contributed by atoms with van der Waals surface area (Å²) < 4.78 is 0. The Balaban J connectivity index is 0.700. The monoisotopic (exact) mass is 785 g/mol. The highest BCUT2D eigenvalue weighted by Crippen LogP contribution is 2.52. The van der Waals surface area contributed by atoms with Crippen LogP contribution in [0.15, 0.2) is 54.6 Å². The molecular formula is C44H44ClN7O5. The lowest BCUT2D eigenvalue weighted by Crippen LogP contribution is -2.67. The Morgan fingerprint density at radius 3 is 2.11 bits per heavy atom. The number of nitrogens with zero attached hydrogens (tertiary/aromatic N) is 6. The van der Waals surface area contributed by atoms with Gasteiger partial charge in [-0.25, -0.2) is 4.85 Å². The molecule has 1 N–H and O–H groups in total. The minimum Gasteiger partial charge on any atom is -0.371 e. The van der Waals surface area contributed by atoms with E-state index in [4.69, 9.17) is 18.2 Å². The molecule has 2 spiro atoms. The Labute approximate surface area is 336 Å². The normalized spacial score (nSPS) is 25.1. The third-order valence-electron chi connectivity index (χ3n) is 14.2. The molecule has 0 aromatic heterocycles.